The van der Waals surface area contributed by atoms with Gasteiger partial charge in [-0.05, 0) is 48.9 Å². The summed E-state index contributed by atoms with van der Waals surface area (Å²) in [5.74, 6) is -0.799. The van der Waals surface area contributed by atoms with E-state index in [1.54, 1.807) is 19.1 Å². The van der Waals surface area contributed by atoms with Crippen molar-refractivity contribution >= 4 is 40.9 Å². The second kappa shape index (κ2) is 9.93. The number of ether oxygens (including phenoxy) is 2. The Bertz CT molecular complexity index is 943. The number of alkyl halides is 2. The second-order valence-electron chi connectivity index (χ2n) is 5.27. The molecule has 0 heterocycles. The average Bonchev–Trinajstić information content (AvgIpc) is 2.64. The molecule has 0 aliphatic carbocycles. The van der Waals surface area contributed by atoms with Crippen LogP contribution in [0.5, 0.6) is 11.5 Å². The molecule has 0 fully saturated rings. The van der Waals surface area contributed by atoms with Crippen molar-refractivity contribution in [3.05, 3.63) is 57.6 Å². The number of anilines is 1. The SMILES string of the molecule is CCOc1cc(C=C(C#N)C(=O)Nc2cc(Cl)ccc2Cl)ccc1OC(F)F. The molecular formula is C19H14Cl2F2N2O3. The van der Waals surface area contributed by atoms with Crippen LogP contribution in [0, 0.1) is 11.3 Å². The summed E-state index contributed by atoms with van der Waals surface area (Å²) < 4.78 is 34.6. The molecule has 0 spiro atoms. The second-order valence-corrected chi connectivity index (χ2v) is 6.11. The summed E-state index contributed by atoms with van der Waals surface area (Å²) in [6.45, 7) is -1.12. The van der Waals surface area contributed by atoms with Gasteiger partial charge in [0.15, 0.2) is 11.5 Å². The van der Waals surface area contributed by atoms with Crippen LogP contribution in [0.4, 0.5) is 14.5 Å². The average molecular weight is 427 g/mol. The van der Waals surface area contributed by atoms with E-state index in [2.05, 4.69) is 10.1 Å². The topological polar surface area (TPSA) is 71.3 Å². The largest absolute Gasteiger partial charge is 0.490 e. The van der Waals surface area contributed by atoms with Crippen LogP contribution in [0.25, 0.3) is 6.08 Å². The summed E-state index contributed by atoms with van der Waals surface area (Å²) in [7, 11) is 0. The highest BCUT2D eigenvalue weighted by Crippen LogP contribution is 2.31. The molecule has 0 radical (unpaired) electrons. The third kappa shape index (κ3) is 5.84. The van der Waals surface area contributed by atoms with Crippen LogP contribution in [-0.4, -0.2) is 19.1 Å². The van der Waals surface area contributed by atoms with Crippen molar-refractivity contribution in [3.63, 3.8) is 0 Å². The van der Waals surface area contributed by atoms with Gasteiger partial charge in [-0.2, -0.15) is 14.0 Å². The predicted molar refractivity (Wildman–Crippen MR) is 103 cm³/mol. The van der Waals surface area contributed by atoms with E-state index < -0.39 is 12.5 Å². The number of nitrogens with zero attached hydrogens (tertiary/aromatic N) is 1. The molecule has 0 aliphatic rings. The van der Waals surface area contributed by atoms with Gasteiger partial charge >= 0.3 is 6.61 Å². The molecule has 0 saturated heterocycles. The van der Waals surface area contributed by atoms with Crippen LogP contribution in [0.1, 0.15) is 12.5 Å². The van der Waals surface area contributed by atoms with Gasteiger partial charge in [-0.25, -0.2) is 0 Å². The molecule has 5 nitrogen and oxygen atoms in total. The van der Waals surface area contributed by atoms with Crippen molar-refractivity contribution in [1.82, 2.24) is 0 Å². The number of benzene rings is 2. The Hall–Kier alpha value is -2.82. The van der Waals surface area contributed by atoms with E-state index >= 15 is 0 Å². The molecule has 28 heavy (non-hydrogen) atoms. The minimum absolute atomic E-state index is 0.0622. The number of hydrogen-bond donors (Lipinski definition) is 1. The van der Waals surface area contributed by atoms with Gasteiger partial charge in [0.2, 0.25) is 0 Å². The normalized spacial score (nSPS) is 11.1. The number of rotatable bonds is 7. The fraction of sp³-hybridized carbons (Fsp3) is 0.158. The van der Waals surface area contributed by atoms with Crippen LogP contribution in [-0.2, 0) is 4.79 Å². The maximum absolute atomic E-state index is 12.5. The Morgan fingerprint density at radius 2 is 2.00 bits per heavy atom. The third-order valence-electron chi connectivity index (χ3n) is 3.34. The fourth-order valence-electron chi connectivity index (χ4n) is 2.17. The van der Waals surface area contributed by atoms with Crippen molar-refractivity contribution in [1.29, 1.82) is 5.26 Å². The van der Waals surface area contributed by atoms with Gasteiger partial charge in [0.25, 0.3) is 5.91 Å². The van der Waals surface area contributed by atoms with Crippen molar-refractivity contribution in [2.24, 2.45) is 0 Å². The number of nitriles is 1. The highest BCUT2D eigenvalue weighted by molar-refractivity contribution is 6.36. The quantitative estimate of drug-likeness (QED) is 0.465. The lowest BCUT2D eigenvalue weighted by atomic mass is 10.1. The number of nitrogens with one attached hydrogen (secondary N) is 1. The summed E-state index contributed by atoms with van der Waals surface area (Å²) in [6, 6.07) is 10.4. The number of carbonyl (C=O) groups is 1. The summed E-state index contributed by atoms with van der Waals surface area (Å²) >= 11 is 11.9. The fourth-order valence-corrected chi connectivity index (χ4v) is 2.51. The van der Waals surface area contributed by atoms with Gasteiger partial charge in [-0.1, -0.05) is 29.3 Å². The van der Waals surface area contributed by atoms with E-state index in [4.69, 9.17) is 27.9 Å². The molecule has 2 aromatic carbocycles. The molecular weight excluding hydrogens is 413 g/mol. The summed E-state index contributed by atoms with van der Waals surface area (Å²) in [4.78, 5) is 12.4. The van der Waals surface area contributed by atoms with Crippen molar-refractivity contribution in [2.75, 3.05) is 11.9 Å². The molecule has 0 unspecified atom stereocenters. The first-order valence-corrected chi connectivity index (χ1v) is 8.69. The van der Waals surface area contributed by atoms with Gasteiger partial charge in [0.05, 0.1) is 17.3 Å². The number of halogens is 4. The molecule has 146 valence electrons. The maximum atomic E-state index is 12.5. The van der Waals surface area contributed by atoms with Crippen molar-refractivity contribution in [2.45, 2.75) is 13.5 Å². The lowest BCUT2D eigenvalue weighted by molar-refractivity contribution is -0.112. The van der Waals surface area contributed by atoms with E-state index in [-0.39, 0.29) is 34.4 Å². The Morgan fingerprint density at radius 3 is 2.64 bits per heavy atom. The molecule has 0 atom stereocenters. The van der Waals surface area contributed by atoms with Crippen molar-refractivity contribution in [3.8, 4) is 17.6 Å². The van der Waals surface area contributed by atoms with Crippen LogP contribution in [0.2, 0.25) is 10.0 Å². The van der Waals surface area contributed by atoms with Gasteiger partial charge in [0.1, 0.15) is 11.6 Å². The molecule has 0 bridgehead atoms. The van der Waals surface area contributed by atoms with E-state index in [0.717, 1.165) is 0 Å². The molecule has 1 amide bonds. The molecule has 0 saturated carbocycles. The maximum Gasteiger partial charge on any atom is 0.387 e. The molecule has 0 aromatic heterocycles. The van der Waals surface area contributed by atoms with Crippen LogP contribution in [0.15, 0.2) is 42.0 Å². The first kappa shape index (κ1) is 21.5. The monoisotopic (exact) mass is 426 g/mol. The summed E-state index contributed by atoms with van der Waals surface area (Å²) in [5.41, 5.74) is 0.394. The lowest BCUT2D eigenvalue weighted by Gasteiger charge is -2.12. The number of carbonyl (C=O) groups excluding carboxylic acids is 1. The van der Waals surface area contributed by atoms with Gasteiger partial charge in [-0.15, -0.1) is 0 Å². The summed E-state index contributed by atoms with van der Waals surface area (Å²) in [5, 5.41) is 12.4. The molecule has 1 N–H and O–H groups in total. The Labute approximate surface area is 170 Å². The smallest absolute Gasteiger partial charge is 0.387 e. The van der Waals surface area contributed by atoms with Crippen molar-refractivity contribution < 1.29 is 23.0 Å². The molecule has 2 rings (SSSR count). The van der Waals surface area contributed by atoms with Crippen LogP contribution < -0.4 is 14.8 Å². The molecule has 9 heteroatoms. The van der Waals surface area contributed by atoms with Crippen LogP contribution in [0.3, 0.4) is 0 Å². The first-order chi connectivity index (χ1) is 13.3. The van der Waals surface area contributed by atoms with Gasteiger partial charge < -0.3 is 14.8 Å². The summed E-state index contributed by atoms with van der Waals surface area (Å²) in [6.07, 6.45) is 1.28. The van der Waals surface area contributed by atoms with E-state index in [1.165, 1.54) is 36.4 Å². The Balaban J connectivity index is 2.30. The Kier molecular flexibility index (Phi) is 7.61. The van der Waals surface area contributed by atoms with E-state index in [1.807, 2.05) is 0 Å². The molecule has 0 aliphatic heterocycles. The highest BCUT2D eigenvalue weighted by Gasteiger charge is 2.14. The van der Waals surface area contributed by atoms with Crippen LogP contribution >= 0.6 is 23.2 Å². The van der Waals surface area contributed by atoms with Gasteiger partial charge in [-0.3, -0.25) is 4.79 Å². The first-order valence-electron chi connectivity index (χ1n) is 7.94. The molecule has 2 aromatic rings. The Morgan fingerprint density at radius 1 is 1.25 bits per heavy atom. The van der Waals surface area contributed by atoms with E-state index in [0.29, 0.717) is 10.6 Å². The standard InChI is InChI=1S/C19H14Cl2F2N2O3/c1-2-27-17-8-11(3-6-16(17)28-19(22)23)7-12(10-24)18(26)25-15-9-13(20)4-5-14(15)21/h3-9,19H,2H2,1H3,(H,25,26). The minimum atomic E-state index is -3.01. The third-order valence-corrected chi connectivity index (χ3v) is 3.90. The zero-order chi connectivity index (χ0) is 20.7. The number of amides is 1. The zero-order valence-electron chi connectivity index (χ0n) is 14.5. The highest BCUT2D eigenvalue weighted by atomic mass is 35.5. The zero-order valence-corrected chi connectivity index (χ0v) is 16.0. The van der Waals surface area contributed by atoms with E-state index in [9.17, 15) is 18.8 Å². The minimum Gasteiger partial charge on any atom is -0.490 e. The van der Waals surface area contributed by atoms with Gasteiger partial charge in [0, 0.05) is 5.02 Å². The lowest BCUT2D eigenvalue weighted by Crippen LogP contribution is -2.13. The number of hydrogen-bond acceptors (Lipinski definition) is 4. The predicted octanol–water partition coefficient (Wildman–Crippen LogP) is 5.54.